The molecule has 1 heterocycles. The maximum Gasteiger partial charge on any atom is 0.349 e. The highest BCUT2D eigenvalue weighted by molar-refractivity contribution is 5.93. The van der Waals surface area contributed by atoms with Gasteiger partial charge >= 0.3 is 5.69 Å². The molecule has 0 saturated carbocycles. The van der Waals surface area contributed by atoms with E-state index in [-0.39, 0.29) is 5.91 Å². The molecule has 0 saturated heterocycles. The number of nitrogens with one attached hydrogen (secondary N) is 2. The number of aryl methyl sites for hydroxylation is 1. The lowest BCUT2D eigenvalue weighted by Crippen LogP contribution is -2.42. The van der Waals surface area contributed by atoms with Gasteiger partial charge in [-0.1, -0.05) is 36.4 Å². The molecule has 0 bridgehead atoms. The van der Waals surface area contributed by atoms with Crippen LogP contribution in [-0.2, 0) is 16.6 Å². The molecular formula is C20H18N4O3. The van der Waals surface area contributed by atoms with Gasteiger partial charge in [0.25, 0.3) is 5.56 Å². The molecule has 2 N–H and O–H groups in total. The number of hydrogen-bond donors (Lipinski definition) is 2. The van der Waals surface area contributed by atoms with Crippen molar-refractivity contribution in [3.8, 4) is 5.69 Å². The van der Waals surface area contributed by atoms with Gasteiger partial charge in [-0.15, -0.1) is 0 Å². The van der Waals surface area contributed by atoms with Gasteiger partial charge in [-0.3, -0.25) is 14.6 Å². The largest absolute Gasteiger partial charge is 0.358 e. The van der Waals surface area contributed by atoms with Crippen molar-refractivity contribution in [3.63, 3.8) is 0 Å². The van der Waals surface area contributed by atoms with Gasteiger partial charge in [0.05, 0.1) is 11.1 Å². The van der Waals surface area contributed by atoms with E-state index in [2.05, 4.69) is 21.5 Å². The number of aromatic nitrogens is 3. The number of H-pyrrole nitrogens is 1. The van der Waals surface area contributed by atoms with Gasteiger partial charge in [0, 0.05) is 7.05 Å². The quantitative estimate of drug-likeness (QED) is 0.723. The molecule has 4 rings (SSSR count). The number of carbonyl (C=O) groups is 1. The summed E-state index contributed by atoms with van der Waals surface area (Å²) < 4.78 is 1.11. The van der Waals surface area contributed by atoms with Gasteiger partial charge < -0.3 is 5.32 Å². The highest BCUT2D eigenvalue weighted by Crippen LogP contribution is 2.44. The molecule has 7 heteroatoms. The zero-order chi connectivity index (χ0) is 19.0. The van der Waals surface area contributed by atoms with Crippen LogP contribution >= 0.6 is 0 Å². The van der Waals surface area contributed by atoms with Crippen LogP contribution in [0.4, 0.5) is 0 Å². The molecule has 0 spiro atoms. The number of hydrogen-bond acceptors (Lipinski definition) is 4. The smallest absolute Gasteiger partial charge is 0.349 e. The van der Waals surface area contributed by atoms with Crippen molar-refractivity contribution in [2.75, 3.05) is 7.05 Å². The van der Waals surface area contributed by atoms with Crippen molar-refractivity contribution in [1.82, 2.24) is 20.1 Å². The first kappa shape index (κ1) is 17.0. The first-order valence-corrected chi connectivity index (χ1v) is 8.66. The molecule has 1 amide bonds. The van der Waals surface area contributed by atoms with Crippen molar-refractivity contribution < 1.29 is 4.79 Å². The second kappa shape index (κ2) is 6.35. The highest BCUT2D eigenvalue weighted by atomic mass is 16.2. The SMILES string of the molecule is CNC(=O)C1(c2ccc(-n3ncc(=O)[nH]c3=O)cc2)CCc2ccccc21. The van der Waals surface area contributed by atoms with E-state index in [0.29, 0.717) is 12.1 Å². The highest BCUT2D eigenvalue weighted by Gasteiger charge is 2.46. The molecule has 0 aliphatic heterocycles. The summed E-state index contributed by atoms with van der Waals surface area (Å²) in [6.07, 6.45) is 2.56. The van der Waals surface area contributed by atoms with Crippen molar-refractivity contribution in [2.45, 2.75) is 18.3 Å². The lowest BCUT2D eigenvalue weighted by Gasteiger charge is -2.29. The Morgan fingerprint density at radius 3 is 2.59 bits per heavy atom. The van der Waals surface area contributed by atoms with Gasteiger partial charge in [0.2, 0.25) is 5.91 Å². The fourth-order valence-corrected chi connectivity index (χ4v) is 3.92. The van der Waals surface area contributed by atoms with Crippen LogP contribution in [0.1, 0.15) is 23.1 Å². The van der Waals surface area contributed by atoms with Crippen LogP contribution in [0.5, 0.6) is 0 Å². The van der Waals surface area contributed by atoms with Crippen LogP contribution in [-0.4, -0.2) is 27.7 Å². The molecule has 1 unspecified atom stereocenters. The average molecular weight is 362 g/mol. The second-order valence-electron chi connectivity index (χ2n) is 6.54. The van der Waals surface area contributed by atoms with E-state index < -0.39 is 16.7 Å². The molecule has 0 fully saturated rings. The van der Waals surface area contributed by atoms with Gasteiger partial charge in [-0.05, 0) is 41.7 Å². The first-order chi connectivity index (χ1) is 13.1. The maximum atomic E-state index is 12.9. The fourth-order valence-electron chi connectivity index (χ4n) is 3.92. The molecule has 27 heavy (non-hydrogen) atoms. The third-order valence-electron chi connectivity index (χ3n) is 5.18. The molecule has 0 radical (unpaired) electrons. The number of aromatic amines is 1. The normalized spacial score (nSPS) is 18.1. The summed E-state index contributed by atoms with van der Waals surface area (Å²) >= 11 is 0. The monoisotopic (exact) mass is 362 g/mol. The number of amides is 1. The summed E-state index contributed by atoms with van der Waals surface area (Å²) in [5, 5.41) is 6.66. The van der Waals surface area contributed by atoms with Crippen LogP contribution in [0.3, 0.4) is 0 Å². The lowest BCUT2D eigenvalue weighted by atomic mass is 9.74. The van der Waals surface area contributed by atoms with Gasteiger partial charge in [-0.2, -0.15) is 9.78 Å². The minimum Gasteiger partial charge on any atom is -0.358 e. The second-order valence-corrected chi connectivity index (χ2v) is 6.54. The zero-order valence-electron chi connectivity index (χ0n) is 14.7. The topological polar surface area (TPSA) is 96.8 Å². The van der Waals surface area contributed by atoms with E-state index in [0.717, 1.165) is 28.4 Å². The third kappa shape index (κ3) is 2.59. The molecule has 2 aromatic carbocycles. The predicted octanol–water partition coefficient (Wildman–Crippen LogP) is 0.899. The molecular weight excluding hydrogens is 344 g/mol. The van der Waals surface area contributed by atoms with Crippen LogP contribution in [0.2, 0.25) is 0 Å². The molecule has 1 aromatic heterocycles. The number of carbonyl (C=O) groups excluding carboxylic acids is 1. The number of benzene rings is 2. The third-order valence-corrected chi connectivity index (χ3v) is 5.18. The number of likely N-dealkylation sites (N-methyl/N-ethyl adjacent to an activating group) is 1. The van der Waals surface area contributed by atoms with Gasteiger partial charge in [-0.25, -0.2) is 4.79 Å². The number of rotatable bonds is 3. The average Bonchev–Trinajstić information content (AvgIpc) is 3.08. The first-order valence-electron chi connectivity index (χ1n) is 8.66. The Kier molecular flexibility index (Phi) is 3.99. The van der Waals surface area contributed by atoms with Crippen molar-refractivity contribution in [1.29, 1.82) is 0 Å². The predicted molar refractivity (Wildman–Crippen MR) is 100 cm³/mol. The van der Waals surface area contributed by atoms with Crippen molar-refractivity contribution in [2.24, 2.45) is 0 Å². The van der Waals surface area contributed by atoms with Crippen molar-refractivity contribution >= 4 is 5.91 Å². The number of nitrogens with zero attached hydrogens (tertiary/aromatic N) is 2. The van der Waals surface area contributed by atoms with E-state index in [9.17, 15) is 14.4 Å². The number of fused-ring (bicyclic) bond motifs is 1. The molecule has 1 aliphatic carbocycles. The molecule has 7 nitrogen and oxygen atoms in total. The minimum absolute atomic E-state index is 0.0560. The van der Waals surface area contributed by atoms with Crippen LogP contribution in [0.15, 0.2) is 64.3 Å². The Labute approximate surface area is 154 Å². The van der Waals surface area contributed by atoms with E-state index in [1.807, 2.05) is 30.3 Å². The summed E-state index contributed by atoms with van der Waals surface area (Å²) in [5.41, 5.74) is 1.63. The summed E-state index contributed by atoms with van der Waals surface area (Å²) in [6, 6.07) is 15.1. The van der Waals surface area contributed by atoms with Crippen LogP contribution in [0.25, 0.3) is 5.69 Å². The van der Waals surface area contributed by atoms with E-state index in [1.54, 1.807) is 19.2 Å². The Balaban J connectivity index is 1.83. The summed E-state index contributed by atoms with van der Waals surface area (Å²) in [5.74, 6) is -0.0560. The lowest BCUT2D eigenvalue weighted by molar-refractivity contribution is -0.124. The Hall–Kier alpha value is -3.48. The Morgan fingerprint density at radius 2 is 1.89 bits per heavy atom. The Bertz CT molecular complexity index is 1130. The molecule has 1 aliphatic rings. The summed E-state index contributed by atoms with van der Waals surface area (Å²) in [6.45, 7) is 0. The van der Waals surface area contributed by atoms with E-state index in [1.165, 1.54) is 5.56 Å². The van der Waals surface area contributed by atoms with Crippen LogP contribution in [0, 0.1) is 0 Å². The zero-order valence-corrected chi connectivity index (χ0v) is 14.7. The molecule has 3 aromatic rings. The van der Waals surface area contributed by atoms with Crippen LogP contribution < -0.4 is 16.6 Å². The maximum absolute atomic E-state index is 12.9. The summed E-state index contributed by atoms with van der Waals surface area (Å²) in [4.78, 5) is 38.2. The standard InChI is InChI=1S/C20H18N4O3/c1-21-18(26)20(11-10-13-4-2-3-5-16(13)20)14-6-8-15(9-7-14)24-19(27)23-17(25)12-22-24/h2-9,12H,10-11H2,1H3,(H,21,26)(H,23,25,27). The van der Waals surface area contributed by atoms with Gasteiger partial charge in [0.15, 0.2) is 0 Å². The fraction of sp³-hybridized carbons (Fsp3) is 0.200. The van der Waals surface area contributed by atoms with E-state index >= 15 is 0 Å². The minimum atomic E-state index is -0.757. The van der Waals surface area contributed by atoms with Crippen molar-refractivity contribution in [3.05, 3.63) is 92.3 Å². The Morgan fingerprint density at radius 1 is 1.15 bits per heavy atom. The summed E-state index contributed by atoms with van der Waals surface area (Å²) in [7, 11) is 1.64. The molecule has 1 atom stereocenters. The molecule has 136 valence electrons. The van der Waals surface area contributed by atoms with Gasteiger partial charge in [0.1, 0.15) is 6.20 Å². The van der Waals surface area contributed by atoms with E-state index in [4.69, 9.17) is 0 Å².